The van der Waals surface area contributed by atoms with Gasteiger partial charge in [-0.1, -0.05) is 18.2 Å². The highest BCUT2D eigenvalue weighted by atomic mass is 127. The minimum Gasteiger partial charge on any atom is -0.497 e. The zero-order valence-corrected chi connectivity index (χ0v) is 20.8. The molecule has 33 heavy (non-hydrogen) atoms. The maximum atomic E-state index is 12.7. The molecule has 0 radical (unpaired) electrons. The van der Waals surface area contributed by atoms with Gasteiger partial charge in [-0.15, -0.1) is 24.0 Å². The van der Waals surface area contributed by atoms with Crippen LogP contribution in [0.4, 0.5) is 8.78 Å². The van der Waals surface area contributed by atoms with Crippen molar-refractivity contribution in [2.75, 3.05) is 20.2 Å². The average molecular weight is 571 g/mol. The molecule has 2 aromatic carbocycles. The summed E-state index contributed by atoms with van der Waals surface area (Å²) in [5.74, 6) is 1.20. The lowest BCUT2D eigenvalue weighted by molar-refractivity contribution is -0.0504. The van der Waals surface area contributed by atoms with Crippen molar-refractivity contribution in [3.8, 4) is 17.2 Å². The van der Waals surface area contributed by atoms with Crippen molar-refractivity contribution in [1.82, 2.24) is 20.4 Å². The molecule has 10 heteroatoms. The Balaban J connectivity index is 0.00000385. The Labute approximate surface area is 209 Å². The zero-order valence-electron chi connectivity index (χ0n) is 18.5. The molecule has 1 aromatic heterocycles. The summed E-state index contributed by atoms with van der Waals surface area (Å²) in [6, 6.07) is 14.6. The van der Waals surface area contributed by atoms with Crippen LogP contribution in [0.2, 0.25) is 0 Å². The van der Waals surface area contributed by atoms with Crippen LogP contribution >= 0.6 is 24.0 Å². The van der Waals surface area contributed by atoms with Gasteiger partial charge < -0.3 is 20.1 Å². The summed E-state index contributed by atoms with van der Waals surface area (Å²) in [7, 11) is 1.52. The number of para-hydroxylation sites is 1. The minimum atomic E-state index is -2.91. The van der Waals surface area contributed by atoms with E-state index in [2.05, 4.69) is 25.5 Å². The van der Waals surface area contributed by atoms with Crippen molar-refractivity contribution in [3.05, 3.63) is 72.1 Å². The Kier molecular flexibility index (Phi) is 10.9. The third-order valence-electron chi connectivity index (χ3n) is 4.60. The molecule has 0 bridgehead atoms. The van der Waals surface area contributed by atoms with E-state index in [-0.39, 0.29) is 36.3 Å². The Hall–Kier alpha value is -2.89. The minimum absolute atomic E-state index is 0. The van der Waals surface area contributed by atoms with E-state index in [1.165, 1.54) is 13.2 Å². The first-order chi connectivity index (χ1) is 15.6. The molecule has 1 heterocycles. The second kappa shape index (κ2) is 13.6. The van der Waals surface area contributed by atoms with Crippen molar-refractivity contribution in [3.63, 3.8) is 0 Å². The van der Waals surface area contributed by atoms with E-state index in [1.54, 1.807) is 12.1 Å². The Bertz CT molecular complexity index is 1020. The number of benzene rings is 2. The van der Waals surface area contributed by atoms with Crippen molar-refractivity contribution in [1.29, 1.82) is 0 Å². The number of alkyl halides is 2. The van der Waals surface area contributed by atoms with Gasteiger partial charge >= 0.3 is 6.61 Å². The van der Waals surface area contributed by atoms with Crippen LogP contribution in [-0.2, 0) is 13.0 Å². The third-order valence-corrected chi connectivity index (χ3v) is 4.60. The highest BCUT2D eigenvalue weighted by Crippen LogP contribution is 2.26. The summed E-state index contributed by atoms with van der Waals surface area (Å²) in [6.45, 7) is 0.494. The van der Waals surface area contributed by atoms with Crippen molar-refractivity contribution >= 4 is 29.9 Å². The number of aromatic nitrogens is 2. The van der Waals surface area contributed by atoms with Crippen LogP contribution < -0.4 is 20.1 Å². The van der Waals surface area contributed by atoms with Gasteiger partial charge in [0.2, 0.25) is 0 Å². The van der Waals surface area contributed by atoms with Crippen LogP contribution in [0.1, 0.15) is 18.1 Å². The van der Waals surface area contributed by atoms with E-state index in [1.807, 2.05) is 54.3 Å². The largest absolute Gasteiger partial charge is 0.497 e. The Morgan fingerprint density at radius 3 is 2.64 bits per heavy atom. The Morgan fingerprint density at radius 2 is 1.94 bits per heavy atom. The number of methoxy groups -OCH3 is 1. The average Bonchev–Trinajstić information content (AvgIpc) is 3.27. The van der Waals surface area contributed by atoms with Gasteiger partial charge in [-0.3, -0.25) is 0 Å². The van der Waals surface area contributed by atoms with E-state index >= 15 is 0 Å². The highest BCUT2D eigenvalue weighted by molar-refractivity contribution is 14.0. The van der Waals surface area contributed by atoms with Crippen molar-refractivity contribution in [2.24, 2.45) is 4.99 Å². The Morgan fingerprint density at radius 1 is 1.15 bits per heavy atom. The third kappa shape index (κ3) is 8.19. The summed E-state index contributed by atoms with van der Waals surface area (Å²) in [6.07, 6.45) is 4.57. The molecule has 0 saturated carbocycles. The van der Waals surface area contributed by atoms with Crippen LogP contribution in [0.3, 0.4) is 0 Å². The summed E-state index contributed by atoms with van der Waals surface area (Å²) in [4.78, 5) is 4.50. The fourth-order valence-electron chi connectivity index (χ4n) is 3.06. The summed E-state index contributed by atoms with van der Waals surface area (Å²) < 4.78 is 37.1. The van der Waals surface area contributed by atoms with Crippen molar-refractivity contribution in [2.45, 2.75) is 26.5 Å². The fraction of sp³-hybridized carbons (Fsp3) is 0.304. The standard InChI is InChI=1S/C23H27F2N5O2.HI/c1-3-26-23(28-15-18-13-20(31-2)9-10-21(18)32-22(24)25)27-12-11-17-14-29-30(16-17)19-7-5-4-6-8-19;/h4-10,13-14,16,22H,3,11-12,15H2,1-2H3,(H2,26,27,28);1H. The van der Waals surface area contributed by atoms with Crippen LogP contribution in [0.5, 0.6) is 11.5 Å². The van der Waals surface area contributed by atoms with Crippen LogP contribution in [-0.4, -0.2) is 42.6 Å². The van der Waals surface area contributed by atoms with Gasteiger partial charge in [0, 0.05) is 24.8 Å². The molecule has 0 atom stereocenters. The lowest BCUT2D eigenvalue weighted by Gasteiger charge is -2.13. The molecule has 0 saturated heterocycles. The van der Waals surface area contributed by atoms with Gasteiger partial charge in [0.1, 0.15) is 11.5 Å². The first kappa shape index (κ1) is 26.4. The first-order valence-electron chi connectivity index (χ1n) is 10.3. The molecule has 0 aliphatic carbocycles. The fourth-order valence-corrected chi connectivity index (χ4v) is 3.06. The molecule has 0 amide bonds. The first-order valence-corrected chi connectivity index (χ1v) is 10.3. The molecule has 3 rings (SSSR count). The van der Waals surface area contributed by atoms with Gasteiger partial charge in [-0.2, -0.15) is 13.9 Å². The van der Waals surface area contributed by atoms with Crippen LogP contribution in [0.25, 0.3) is 5.69 Å². The molecule has 178 valence electrons. The molecule has 2 N–H and O–H groups in total. The summed E-state index contributed by atoms with van der Waals surface area (Å²) in [5.41, 5.74) is 2.59. The second-order valence-electron chi connectivity index (χ2n) is 6.85. The van der Waals surface area contributed by atoms with Crippen LogP contribution in [0, 0.1) is 0 Å². The highest BCUT2D eigenvalue weighted by Gasteiger charge is 2.11. The SMILES string of the molecule is CCNC(=NCc1cc(OC)ccc1OC(F)F)NCCc1cnn(-c2ccccc2)c1.I. The molecular weight excluding hydrogens is 543 g/mol. The van der Waals surface area contributed by atoms with E-state index in [9.17, 15) is 8.78 Å². The number of hydrogen-bond acceptors (Lipinski definition) is 4. The quantitative estimate of drug-likeness (QED) is 0.215. The molecular formula is C23H28F2IN5O2. The second-order valence-corrected chi connectivity index (χ2v) is 6.85. The molecule has 0 aliphatic heterocycles. The number of nitrogens with one attached hydrogen (secondary N) is 2. The monoisotopic (exact) mass is 571 g/mol. The molecule has 0 fully saturated rings. The number of halogens is 3. The molecule has 0 spiro atoms. The number of guanidine groups is 1. The maximum Gasteiger partial charge on any atom is 0.387 e. The molecule has 7 nitrogen and oxygen atoms in total. The van der Waals surface area contributed by atoms with Crippen molar-refractivity contribution < 1.29 is 18.3 Å². The maximum absolute atomic E-state index is 12.7. The zero-order chi connectivity index (χ0) is 22.8. The normalized spacial score (nSPS) is 11.1. The van der Waals surface area contributed by atoms with Gasteiger partial charge in [0.25, 0.3) is 0 Å². The van der Waals surface area contributed by atoms with E-state index in [0.717, 1.165) is 17.7 Å². The van der Waals surface area contributed by atoms with E-state index in [4.69, 9.17) is 4.74 Å². The number of ether oxygens (including phenoxy) is 2. The number of rotatable bonds is 10. The van der Waals surface area contributed by atoms with Gasteiger partial charge in [-0.25, -0.2) is 9.67 Å². The topological polar surface area (TPSA) is 72.7 Å². The molecule has 0 unspecified atom stereocenters. The van der Waals surface area contributed by atoms with Crippen LogP contribution in [0.15, 0.2) is 65.9 Å². The summed E-state index contributed by atoms with van der Waals surface area (Å²) in [5, 5.41) is 10.8. The number of hydrogen-bond donors (Lipinski definition) is 2. The lowest BCUT2D eigenvalue weighted by atomic mass is 10.2. The van der Waals surface area contributed by atoms with E-state index in [0.29, 0.717) is 30.4 Å². The summed E-state index contributed by atoms with van der Waals surface area (Å²) >= 11 is 0. The lowest BCUT2D eigenvalue weighted by Crippen LogP contribution is -2.38. The predicted octanol–water partition coefficient (Wildman–Crippen LogP) is 4.40. The van der Waals surface area contributed by atoms with E-state index < -0.39 is 6.61 Å². The van der Waals surface area contributed by atoms with Gasteiger partial charge in [0.05, 0.1) is 25.5 Å². The number of aliphatic imine (C=N–C) groups is 1. The molecule has 0 aliphatic rings. The van der Waals surface area contributed by atoms with Gasteiger partial charge in [0.15, 0.2) is 5.96 Å². The predicted molar refractivity (Wildman–Crippen MR) is 135 cm³/mol. The smallest absolute Gasteiger partial charge is 0.387 e. The number of nitrogens with zero attached hydrogens (tertiary/aromatic N) is 3. The van der Waals surface area contributed by atoms with Gasteiger partial charge in [-0.05, 0) is 49.2 Å². The molecule has 3 aromatic rings.